The van der Waals surface area contributed by atoms with Gasteiger partial charge in [-0.3, -0.25) is 0 Å². The van der Waals surface area contributed by atoms with Gasteiger partial charge in [0.2, 0.25) is 6.79 Å². The van der Waals surface area contributed by atoms with Crippen molar-refractivity contribution in [3.63, 3.8) is 0 Å². The highest BCUT2D eigenvalue weighted by atomic mass is 35.5. The molecule has 0 N–H and O–H groups in total. The van der Waals surface area contributed by atoms with Crippen LogP contribution in [-0.2, 0) is 0 Å². The molecule has 1 unspecified atom stereocenters. The average Bonchev–Trinajstić information content (AvgIpc) is 2.97. The summed E-state index contributed by atoms with van der Waals surface area (Å²) >= 11 is 6.02. The number of halogens is 1. The Labute approximate surface area is 94.1 Å². The first-order valence-corrected chi connectivity index (χ1v) is 5.87. The molecular formula is C12H13ClO2. The molecule has 3 heteroatoms. The number of ether oxygens (including phenoxy) is 2. The van der Waals surface area contributed by atoms with Crippen LogP contribution in [-0.4, -0.2) is 12.7 Å². The summed E-state index contributed by atoms with van der Waals surface area (Å²) in [6.07, 6.45) is 2.62. The van der Waals surface area contributed by atoms with Gasteiger partial charge in [-0.05, 0) is 36.5 Å². The molecular weight excluding hydrogens is 212 g/mol. The van der Waals surface area contributed by atoms with Crippen molar-refractivity contribution in [3.8, 4) is 11.5 Å². The van der Waals surface area contributed by atoms with Crippen LogP contribution >= 0.6 is 11.6 Å². The summed E-state index contributed by atoms with van der Waals surface area (Å²) in [6, 6.07) is 6.17. The van der Waals surface area contributed by atoms with Crippen LogP contribution in [0, 0.1) is 5.92 Å². The Kier molecular flexibility index (Phi) is 2.24. The SMILES string of the molecule is ClCC(c1ccc2c(c1)OCO2)C1CC1. The molecule has 15 heavy (non-hydrogen) atoms. The minimum Gasteiger partial charge on any atom is -0.454 e. The van der Waals surface area contributed by atoms with Crippen LogP contribution in [0.15, 0.2) is 18.2 Å². The smallest absolute Gasteiger partial charge is 0.231 e. The molecule has 1 atom stereocenters. The fourth-order valence-electron chi connectivity index (χ4n) is 2.13. The Hall–Kier alpha value is -0.890. The maximum Gasteiger partial charge on any atom is 0.231 e. The van der Waals surface area contributed by atoms with E-state index in [-0.39, 0.29) is 0 Å². The summed E-state index contributed by atoms with van der Waals surface area (Å²) in [5.41, 5.74) is 1.29. The molecule has 1 aliphatic carbocycles. The van der Waals surface area contributed by atoms with E-state index in [9.17, 15) is 0 Å². The molecule has 0 radical (unpaired) electrons. The topological polar surface area (TPSA) is 18.5 Å². The second-order valence-corrected chi connectivity index (χ2v) is 4.52. The summed E-state index contributed by atoms with van der Waals surface area (Å²) in [5.74, 6) is 3.68. The van der Waals surface area contributed by atoms with E-state index >= 15 is 0 Å². The van der Waals surface area contributed by atoms with Crippen molar-refractivity contribution in [2.45, 2.75) is 18.8 Å². The summed E-state index contributed by atoms with van der Waals surface area (Å²) in [5, 5.41) is 0. The first-order chi connectivity index (χ1) is 7.38. The van der Waals surface area contributed by atoms with Crippen molar-refractivity contribution >= 4 is 11.6 Å². The van der Waals surface area contributed by atoms with Gasteiger partial charge < -0.3 is 9.47 Å². The number of rotatable bonds is 3. The molecule has 3 rings (SSSR count). The molecule has 1 heterocycles. The lowest BCUT2D eigenvalue weighted by atomic mass is 9.96. The molecule has 1 aromatic carbocycles. The van der Waals surface area contributed by atoms with E-state index in [1.807, 2.05) is 6.07 Å². The van der Waals surface area contributed by atoms with E-state index in [0.717, 1.165) is 17.4 Å². The van der Waals surface area contributed by atoms with Crippen LogP contribution in [0.1, 0.15) is 24.3 Å². The summed E-state index contributed by atoms with van der Waals surface area (Å²) in [7, 11) is 0. The maximum absolute atomic E-state index is 6.02. The van der Waals surface area contributed by atoms with Gasteiger partial charge in [-0.15, -0.1) is 11.6 Å². The van der Waals surface area contributed by atoms with Gasteiger partial charge in [-0.1, -0.05) is 6.07 Å². The fourth-order valence-corrected chi connectivity index (χ4v) is 2.56. The Morgan fingerprint density at radius 1 is 1.27 bits per heavy atom. The van der Waals surface area contributed by atoms with Gasteiger partial charge in [-0.2, -0.15) is 0 Å². The van der Waals surface area contributed by atoms with Crippen molar-refractivity contribution in [2.24, 2.45) is 5.92 Å². The molecule has 2 nitrogen and oxygen atoms in total. The van der Waals surface area contributed by atoms with Crippen molar-refractivity contribution in [2.75, 3.05) is 12.7 Å². The Morgan fingerprint density at radius 3 is 2.80 bits per heavy atom. The van der Waals surface area contributed by atoms with Crippen LogP contribution in [0.4, 0.5) is 0 Å². The van der Waals surface area contributed by atoms with Crippen LogP contribution in [0.5, 0.6) is 11.5 Å². The third-order valence-electron chi connectivity index (χ3n) is 3.18. The van der Waals surface area contributed by atoms with Crippen molar-refractivity contribution in [1.29, 1.82) is 0 Å². The van der Waals surface area contributed by atoms with Gasteiger partial charge in [0.1, 0.15) is 0 Å². The van der Waals surface area contributed by atoms with Gasteiger partial charge in [0, 0.05) is 11.8 Å². The zero-order chi connectivity index (χ0) is 10.3. The van der Waals surface area contributed by atoms with Crippen LogP contribution < -0.4 is 9.47 Å². The van der Waals surface area contributed by atoms with E-state index < -0.39 is 0 Å². The molecule has 2 aliphatic rings. The molecule has 0 aromatic heterocycles. The van der Waals surface area contributed by atoms with E-state index in [2.05, 4.69) is 12.1 Å². The predicted molar refractivity (Wildman–Crippen MR) is 58.8 cm³/mol. The number of fused-ring (bicyclic) bond motifs is 1. The van der Waals surface area contributed by atoms with Crippen molar-refractivity contribution < 1.29 is 9.47 Å². The first-order valence-electron chi connectivity index (χ1n) is 5.34. The highest BCUT2D eigenvalue weighted by molar-refractivity contribution is 6.18. The van der Waals surface area contributed by atoms with Crippen LogP contribution in [0.25, 0.3) is 0 Å². The molecule has 0 saturated heterocycles. The van der Waals surface area contributed by atoms with Gasteiger partial charge >= 0.3 is 0 Å². The second-order valence-electron chi connectivity index (χ2n) is 4.21. The van der Waals surface area contributed by atoms with Crippen molar-refractivity contribution in [3.05, 3.63) is 23.8 Å². The fraction of sp³-hybridized carbons (Fsp3) is 0.500. The van der Waals surface area contributed by atoms with E-state index in [4.69, 9.17) is 21.1 Å². The predicted octanol–water partition coefficient (Wildman–Crippen LogP) is 3.15. The lowest BCUT2D eigenvalue weighted by Crippen LogP contribution is -2.02. The highest BCUT2D eigenvalue weighted by Gasteiger charge is 2.32. The van der Waals surface area contributed by atoms with Crippen LogP contribution in [0.3, 0.4) is 0 Å². The number of hydrogen-bond donors (Lipinski definition) is 0. The lowest BCUT2D eigenvalue weighted by molar-refractivity contribution is 0.174. The summed E-state index contributed by atoms with van der Waals surface area (Å²) in [6.45, 7) is 0.341. The Bertz CT molecular complexity index is 374. The molecule has 1 saturated carbocycles. The molecule has 1 aliphatic heterocycles. The lowest BCUT2D eigenvalue weighted by Gasteiger charge is -2.13. The number of benzene rings is 1. The largest absolute Gasteiger partial charge is 0.454 e. The normalized spacial score (nSPS) is 20.3. The quantitative estimate of drug-likeness (QED) is 0.735. The van der Waals surface area contributed by atoms with Crippen molar-refractivity contribution in [1.82, 2.24) is 0 Å². The third kappa shape index (κ3) is 1.67. The molecule has 80 valence electrons. The molecule has 1 aromatic rings. The van der Waals surface area contributed by atoms with Gasteiger partial charge in [-0.25, -0.2) is 0 Å². The van der Waals surface area contributed by atoms with E-state index in [0.29, 0.717) is 18.6 Å². The number of hydrogen-bond acceptors (Lipinski definition) is 2. The summed E-state index contributed by atoms with van der Waals surface area (Å²) < 4.78 is 10.7. The standard InChI is InChI=1S/C12H13ClO2/c13-6-10(8-1-2-8)9-3-4-11-12(5-9)15-7-14-11/h3-5,8,10H,1-2,6-7H2. The minimum absolute atomic E-state index is 0.341. The van der Waals surface area contributed by atoms with Gasteiger partial charge in [0.15, 0.2) is 11.5 Å². The van der Waals surface area contributed by atoms with Gasteiger partial charge in [0.25, 0.3) is 0 Å². The third-order valence-corrected chi connectivity index (χ3v) is 3.51. The average molecular weight is 225 g/mol. The van der Waals surface area contributed by atoms with Gasteiger partial charge in [0.05, 0.1) is 0 Å². The van der Waals surface area contributed by atoms with Crippen LogP contribution in [0.2, 0.25) is 0 Å². The summed E-state index contributed by atoms with van der Waals surface area (Å²) in [4.78, 5) is 0. The zero-order valence-corrected chi connectivity index (χ0v) is 9.17. The molecule has 0 spiro atoms. The molecule has 0 bridgehead atoms. The molecule has 0 amide bonds. The van der Waals surface area contributed by atoms with E-state index in [1.165, 1.54) is 18.4 Å². The highest BCUT2D eigenvalue weighted by Crippen LogP contribution is 2.45. The van der Waals surface area contributed by atoms with E-state index in [1.54, 1.807) is 0 Å². The Morgan fingerprint density at radius 2 is 2.07 bits per heavy atom. The number of alkyl halides is 1. The second kappa shape index (κ2) is 3.60. The first kappa shape index (κ1) is 9.34. The zero-order valence-electron chi connectivity index (χ0n) is 8.41. The monoisotopic (exact) mass is 224 g/mol. The Balaban J connectivity index is 1.90. The maximum atomic E-state index is 6.02. The molecule has 1 fully saturated rings. The minimum atomic E-state index is 0.341.